The highest BCUT2D eigenvalue weighted by molar-refractivity contribution is 5.27. The van der Waals surface area contributed by atoms with Crippen LogP contribution in [0.5, 0.6) is 0 Å². The topological polar surface area (TPSA) is 56.7 Å². The monoisotopic (exact) mass is 242 g/mol. The van der Waals surface area contributed by atoms with Crippen LogP contribution in [-0.2, 0) is 0 Å². The minimum atomic E-state index is 0.146. The Hall–Kier alpha value is -1.68. The van der Waals surface area contributed by atoms with Gasteiger partial charge < -0.3 is 10.3 Å². The lowest BCUT2D eigenvalue weighted by atomic mass is 9.98. The van der Waals surface area contributed by atoms with E-state index in [4.69, 9.17) is 5.73 Å². The second kappa shape index (κ2) is 4.53. The first-order chi connectivity index (χ1) is 8.81. The van der Waals surface area contributed by atoms with Crippen molar-refractivity contribution in [2.45, 2.75) is 31.7 Å². The number of aromatic nitrogens is 3. The van der Waals surface area contributed by atoms with Crippen molar-refractivity contribution in [1.82, 2.24) is 14.8 Å². The smallest absolute Gasteiger partial charge is 0.142 e. The third-order valence-corrected chi connectivity index (χ3v) is 3.55. The molecule has 0 radical (unpaired) electrons. The van der Waals surface area contributed by atoms with E-state index in [1.807, 2.05) is 25.1 Å². The minimum Gasteiger partial charge on any atom is -0.329 e. The van der Waals surface area contributed by atoms with Gasteiger partial charge in [0.2, 0.25) is 0 Å². The lowest BCUT2D eigenvalue weighted by Gasteiger charge is -2.16. The summed E-state index contributed by atoms with van der Waals surface area (Å²) in [6.07, 6.45) is 2.47. The highest BCUT2D eigenvalue weighted by Crippen LogP contribution is 2.38. The van der Waals surface area contributed by atoms with Crippen molar-refractivity contribution in [2.75, 3.05) is 6.54 Å². The van der Waals surface area contributed by atoms with Crippen LogP contribution in [0.1, 0.15) is 42.0 Å². The molecule has 2 N–H and O–H groups in total. The molecule has 0 amide bonds. The molecule has 1 unspecified atom stereocenters. The maximum Gasteiger partial charge on any atom is 0.142 e. The predicted octanol–water partition coefficient (Wildman–Crippen LogP) is 2.01. The summed E-state index contributed by atoms with van der Waals surface area (Å²) < 4.78 is 2.27. The fourth-order valence-corrected chi connectivity index (χ4v) is 2.48. The van der Waals surface area contributed by atoms with E-state index >= 15 is 0 Å². The summed E-state index contributed by atoms with van der Waals surface area (Å²) in [5.41, 5.74) is 7.17. The lowest BCUT2D eigenvalue weighted by molar-refractivity contribution is 0.623. The molecular formula is C14H18N4. The third-order valence-electron chi connectivity index (χ3n) is 3.55. The van der Waals surface area contributed by atoms with E-state index in [0.717, 1.165) is 11.6 Å². The van der Waals surface area contributed by atoms with Crippen molar-refractivity contribution in [3.8, 4) is 0 Å². The predicted molar refractivity (Wildman–Crippen MR) is 70.4 cm³/mol. The summed E-state index contributed by atoms with van der Waals surface area (Å²) in [5, 5.41) is 8.59. The van der Waals surface area contributed by atoms with Gasteiger partial charge in [0.25, 0.3) is 0 Å². The molecule has 1 aromatic carbocycles. The lowest BCUT2D eigenvalue weighted by Crippen LogP contribution is -2.18. The molecular weight excluding hydrogens is 224 g/mol. The molecule has 1 atom stereocenters. The zero-order chi connectivity index (χ0) is 12.5. The van der Waals surface area contributed by atoms with E-state index in [1.54, 1.807) is 0 Å². The summed E-state index contributed by atoms with van der Waals surface area (Å²) in [6.45, 7) is 2.59. The number of hydrogen-bond acceptors (Lipinski definition) is 3. The molecule has 4 nitrogen and oxygen atoms in total. The Morgan fingerprint density at radius 2 is 2.00 bits per heavy atom. The molecule has 1 aliphatic rings. The molecule has 4 heteroatoms. The average molecular weight is 242 g/mol. The van der Waals surface area contributed by atoms with Crippen LogP contribution in [0.3, 0.4) is 0 Å². The second-order valence-electron chi connectivity index (χ2n) is 4.91. The van der Waals surface area contributed by atoms with Crippen LogP contribution in [0.4, 0.5) is 0 Å². The van der Waals surface area contributed by atoms with Gasteiger partial charge in [-0.05, 0) is 25.3 Å². The molecule has 0 saturated heterocycles. The van der Waals surface area contributed by atoms with Gasteiger partial charge in [-0.1, -0.05) is 30.3 Å². The molecule has 1 fully saturated rings. The van der Waals surface area contributed by atoms with E-state index < -0.39 is 0 Å². The van der Waals surface area contributed by atoms with Crippen LogP contribution < -0.4 is 5.73 Å². The van der Waals surface area contributed by atoms with E-state index in [0.29, 0.717) is 12.6 Å². The Morgan fingerprint density at radius 3 is 2.61 bits per heavy atom. The molecule has 1 aliphatic carbocycles. The van der Waals surface area contributed by atoms with Crippen molar-refractivity contribution < 1.29 is 0 Å². The van der Waals surface area contributed by atoms with Crippen molar-refractivity contribution in [2.24, 2.45) is 5.73 Å². The quantitative estimate of drug-likeness (QED) is 0.892. The molecule has 3 rings (SSSR count). The first-order valence-corrected chi connectivity index (χ1v) is 6.47. The van der Waals surface area contributed by atoms with Crippen molar-refractivity contribution in [1.29, 1.82) is 0 Å². The standard InChI is InChI=1S/C14H18N4/c1-10-16-17-14(18(10)12-7-8-12)13(9-15)11-5-3-2-4-6-11/h2-6,12-13H,7-9,15H2,1H3. The summed E-state index contributed by atoms with van der Waals surface area (Å²) in [4.78, 5) is 0. The van der Waals surface area contributed by atoms with Crippen LogP contribution in [0.25, 0.3) is 0 Å². The van der Waals surface area contributed by atoms with Crippen LogP contribution in [0.15, 0.2) is 30.3 Å². The Labute approximate surface area is 107 Å². The number of nitrogens with two attached hydrogens (primary N) is 1. The zero-order valence-electron chi connectivity index (χ0n) is 10.6. The van der Waals surface area contributed by atoms with Crippen LogP contribution >= 0.6 is 0 Å². The van der Waals surface area contributed by atoms with Crippen LogP contribution in [-0.4, -0.2) is 21.3 Å². The fourth-order valence-electron chi connectivity index (χ4n) is 2.48. The number of benzene rings is 1. The zero-order valence-corrected chi connectivity index (χ0v) is 10.6. The Balaban J connectivity index is 2.02. The van der Waals surface area contributed by atoms with Crippen molar-refractivity contribution in [3.05, 3.63) is 47.5 Å². The van der Waals surface area contributed by atoms with Gasteiger partial charge in [-0.15, -0.1) is 10.2 Å². The molecule has 0 aliphatic heterocycles. The maximum absolute atomic E-state index is 5.95. The Kier molecular flexibility index (Phi) is 2.88. The third kappa shape index (κ3) is 1.93. The Bertz CT molecular complexity index is 528. The minimum absolute atomic E-state index is 0.146. The van der Waals surface area contributed by atoms with Gasteiger partial charge in [0.1, 0.15) is 11.6 Å². The molecule has 0 bridgehead atoms. The molecule has 0 spiro atoms. The number of hydrogen-bond donors (Lipinski definition) is 1. The highest BCUT2D eigenvalue weighted by Gasteiger charge is 2.31. The van der Waals surface area contributed by atoms with Gasteiger partial charge in [0.05, 0.1) is 5.92 Å². The SMILES string of the molecule is Cc1nnc(C(CN)c2ccccc2)n1C1CC1. The summed E-state index contributed by atoms with van der Waals surface area (Å²) in [7, 11) is 0. The van der Waals surface area contributed by atoms with Gasteiger partial charge in [0.15, 0.2) is 0 Å². The molecule has 2 aromatic rings. The van der Waals surface area contributed by atoms with Gasteiger partial charge in [-0.3, -0.25) is 0 Å². The van der Waals surface area contributed by atoms with Crippen molar-refractivity contribution in [3.63, 3.8) is 0 Å². The fraction of sp³-hybridized carbons (Fsp3) is 0.429. The van der Waals surface area contributed by atoms with E-state index in [-0.39, 0.29) is 5.92 Å². The van der Waals surface area contributed by atoms with Gasteiger partial charge >= 0.3 is 0 Å². The summed E-state index contributed by atoms with van der Waals surface area (Å²) >= 11 is 0. The molecule has 1 aromatic heterocycles. The molecule has 1 saturated carbocycles. The second-order valence-corrected chi connectivity index (χ2v) is 4.91. The van der Waals surface area contributed by atoms with E-state index in [1.165, 1.54) is 18.4 Å². The summed E-state index contributed by atoms with van der Waals surface area (Å²) in [6, 6.07) is 10.9. The largest absolute Gasteiger partial charge is 0.329 e. The number of aryl methyl sites for hydroxylation is 1. The molecule has 18 heavy (non-hydrogen) atoms. The van der Waals surface area contributed by atoms with Crippen molar-refractivity contribution >= 4 is 0 Å². The van der Waals surface area contributed by atoms with Gasteiger partial charge in [0, 0.05) is 12.6 Å². The normalized spacial score (nSPS) is 16.8. The number of nitrogens with zero attached hydrogens (tertiary/aromatic N) is 3. The first-order valence-electron chi connectivity index (χ1n) is 6.47. The Morgan fingerprint density at radius 1 is 1.28 bits per heavy atom. The highest BCUT2D eigenvalue weighted by atomic mass is 15.3. The first kappa shape index (κ1) is 11.4. The van der Waals surface area contributed by atoms with Crippen LogP contribution in [0.2, 0.25) is 0 Å². The number of rotatable bonds is 4. The van der Waals surface area contributed by atoms with Gasteiger partial charge in [-0.2, -0.15) is 0 Å². The van der Waals surface area contributed by atoms with E-state index in [2.05, 4.69) is 26.9 Å². The molecule has 1 heterocycles. The molecule has 94 valence electrons. The van der Waals surface area contributed by atoms with E-state index in [9.17, 15) is 0 Å². The summed E-state index contributed by atoms with van der Waals surface area (Å²) in [5.74, 6) is 2.17. The maximum atomic E-state index is 5.95. The van der Waals surface area contributed by atoms with Gasteiger partial charge in [-0.25, -0.2) is 0 Å². The van der Waals surface area contributed by atoms with Crippen LogP contribution in [0, 0.1) is 6.92 Å². The average Bonchev–Trinajstić information content (AvgIpc) is 3.17.